The molecule has 0 unspecified atom stereocenters. The quantitative estimate of drug-likeness (QED) is 0.192. The average Bonchev–Trinajstić information content (AvgIpc) is 1.62. The Morgan fingerprint density at radius 3 is 1.36 bits per heavy atom. The van der Waals surface area contributed by atoms with Crippen LogP contribution < -0.4 is 0 Å². The number of H-pyrrole nitrogens is 1. The second-order valence-electron chi connectivity index (χ2n) is 24.2. The first-order valence-corrected chi connectivity index (χ1v) is 29.2. The molecular formula is C78H54N6. The molecule has 6 heteroatoms. The lowest BCUT2D eigenvalue weighted by molar-refractivity contribution is 0.630. The zero-order valence-corrected chi connectivity index (χ0v) is 46.9. The zero-order chi connectivity index (χ0) is 55.7. The van der Waals surface area contributed by atoms with Crippen molar-refractivity contribution >= 4 is 109 Å². The van der Waals surface area contributed by atoms with Gasteiger partial charge in [-0.25, -0.2) is 9.97 Å². The van der Waals surface area contributed by atoms with Crippen LogP contribution in [0.25, 0.3) is 149 Å². The SMILES string of the molecule is CC1(C)c2ccccc2-n2c3cc4c(cc3c3cccc1c32)[nH]c1ccc2ccccc2c14.CC1(C)c2ccccc2-n2c3cc4c5c6ccccc6ccc5n(-c5nc(-c6ccccc6)cc(-c6ccccc6)n5)c4cc3c3cccc1c32. The molecule has 0 saturated carbocycles. The van der Waals surface area contributed by atoms with Crippen LogP contribution in [0.3, 0.4) is 0 Å². The van der Waals surface area contributed by atoms with Crippen molar-refractivity contribution in [1.29, 1.82) is 0 Å². The number of aromatic amines is 1. The second-order valence-corrected chi connectivity index (χ2v) is 24.2. The predicted octanol–water partition coefficient (Wildman–Crippen LogP) is 20.0. The van der Waals surface area contributed by atoms with Gasteiger partial charge in [0.2, 0.25) is 5.95 Å². The highest BCUT2D eigenvalue weighted by atomic mass is 15.2. The van der Waals surface area contributed by atoms with Crippen LogP contribution in [0.5, 0.6) is 0 Å². The van der Waals surface area contributed by atoms with E-state index in [2.05, 4.69) is 283 Å². The third-order valence-corrected chi connectivity index (χ3v) is 19.0. The molecule has 12 aromatic carbocycles. The fraction of sp³-hybridized carbons (Fsp3) is 0.0769. The minimum atomic E-state index is -0.127. The van der Waals surface area contributed by atoms with Gasteiger partial charge in [-0.15, -0.1) is 0 Å². The van der Waals surface area contributed by atoms with E-state index in [1.165, 1.54) is 131 Å². The highest BCUT2D eigenvalue weighted by Crippen LogP contribution is 2.51. The van der Waals surface area contributed by atoms with E-state index in [4.69, 9.17) is 9.97 Å². The van der Waals surface area contributed by atoms with Crippen molar-refractivity contribution in [3.8, 4) is 39.8 Å². The van der Waals surface area contributed by atoms with E-state index in [0.29, 0.717) is 5.95 Å². The van der Waals surface area contributed by atoms with Crippen LogP contribution in [0.15, 0.2) is 249 Å². The third kappa shape index (κ3) is 6.39. The Morgan fingerprint density at radius 1 is 0.310 bits per heavy atom. The monoisotopic (exact) mass is 1070 g/mol. The highest BCUT2D eigenvalue weighted by Gasteiger charge is 2.37. The third-order valence-electron chi connectivity index (χ3n) is 19.0. The standard InChI is InChI=1S/C47H32N4.C31H22N2/c1-47(2)36-21-11-12-23-40(36)50-42-27-35-43(26-34(42)33-20-13-22-37(47)45(33)50)51(41-25-24-29-14-9-10-19-32(29)44(35)41)46-48-38(30-15-5-3-6-16-30)28-39(49-46)31-17-7-4-8-18-31;1-31(2)23-11-5-6-13-27(23)33-28-17-22-26(16-21(28)20-10-7-12-24(31)30(20)33)32-25-15-14-18-8-3-4-9-19(18)29(22)25/h3-28H,1-2H3;3-17,32H,1-2H3. The first kappa shape index (κ1) is 47.1. The summed E-state index contributed by atoms with van der Waals surface area (Å²) in [6, 6.07) is 90.3. The van der Waals surface area contributed by atoms with Gasteiger partial charge in [-0.05, 0) is 98.4 Å². The van der Waals surface area contributed by atoms with Crippen molar-refractivity contribution in [2.45, 2.75) is 38.5 Å². The van der Waals surface area contributed by atoms with Crippen LogP contribution in [0.1, 0.15) is 49.9 Å². The van der Waals surface area contributed by atoms with E-state index in [-0.39, 0.29) is 10.8 Å². The van der Waals surface area contributed by atoms with E-state index in [9.17, 15) is 0 Å². The van der Waals surface area contributed by atoms with Gasteiger partial charge in [-0.2, -0.15) is 0 Å². The normalized spacial score (nSPS) is 13.9. The van der Waals surface area contributed by atoms with Gasteiger partial charge in [-0.1, -0.05) is 222 Å². The molecule has 0 spiro atoms. The lowest BCUT2D eigenvalue weighted by Crippen LogP contribution is -2.26. The lowest BCUT2D eigenvalue weighted by Gasteiger charge is -2.34. The topological polar surface area (TPSA) is 56.4 Å². The summed E-state index contributed by atoms with van der Waals surface area (Å²) in [6.07, 6.45) is 0. The van der Waals surface area contributed by atoms with E-state index < -0.39 is 0 Å². The van der Waals surface area contributed by atoms with Crippen LogP contribution >= 0.6 is 0 Å². The van der Waals surface area contributed by atoms with E-state index in [0.717, 1.165) is 33.5 Å². The smallest absolute Gasteiger partial charge is 0.235 e. The number of benzene rings is 12. The fourth-order valence-corrected chi connectivity index (χ4v) is 15.0. The maximum atomic E-state index is 5.34. The molecule has 84 heavy (non-hydrogen) atoms. The van der Waals surface area contributed by atoms with Crippen molar-refractivity contribution < 1.29 is 0 Å². The van der Waals surface area contributed by atoms with E-state index >= 15 is 0 Å². The Morgan fingerprint density at radius 2 is 0.762 bits per heavy atom. The molecule has 1 N–H and O–H groups in total. The summed E-state index contributed by atoms with van der Waals surface area (Å²) < 4.78 is 7.30. The van der Waals surface area contributed by atoms with Gasteiger partial charge in [0.15, 0.2) is 0 Å². The summed E-state index contributed by atoms with van der Waals surface area (Å²) in [6.45, 7) is 9.41. The van der Waals surface area contributed by atoms with Gasteiger partial charge in [0.1, 0.15) is 0 Å². The molecule has 0 atom stereocenters. The van der Waals surface area contributed by atoms with Crippen LogP contribution in [-0.2, 0) is 10.8 Å². The van der Waals surface area contributed by atoms with Gasteiger partial charge in [0.05, 0.1) is 55.9 Å². The summed E-state index contributed by atoms with van der Waals surface area (Å²) in [5.74, 6) is 0.657. The highest BCUT2D eigenvalue weighted by molar-refractivity contribution is 6.27. The Bertz CT molecular complexity index is 5610. The maximum absolute atomic E-state index is 5.34. The molecule has 0 amide bonds. The Kier molecular flexibility index (Phi) is 9.54. The average molecular weight is 1080 g/mol. The van der Waals surface area contributed by atoms with Gasteiger partial charge in [-0.3, -0.25) is 4.57 Å². The molecule has 0 aliphatic carbocycles. The fourth-order valence-electron chi connectivity index (χ4n) is 15.0. The van der Waals surface area contributed by atoms with Gasteiger partial charge in [0.25, 0.3) is 0 Å². The molecule has 2 aliphatic rings. The van der Waals surface area contributed by atoms with Crippen molar-refractivity contribution in [2.75, 3.05) is 0 Å². The molecule has 396 valence electrons. The minimum absolute atomic E-state index is 0.0374. The number of para-hydroxylation sites is 4. The summed E-state index contributed by atoms with van der Waals surface area (Å²) in [5.41, 5.74) is 21.5. The summed E-state index contributed by atoms with van der Waals surface area (Å²) in [7, 11) is 0. The first-order chi connectivity index (χ1) is 41.2. The number of aromatic nitrogens is 6. The van der Waals surface area contributed by atoms with E-state index in [1.54, 1.807) is 0 Å². The van der Waals surface area contributed by atoms with Crippen molar-refractivity contribution in [3.05, 3.63) is 271 Å². The number of hydrogen-bond acceptors (Lipinski definition) is 2. The first-order valence-electron chi connectivity index (χ1n) is 29.2. The zero-order valence-electron chi connectivity index (χ0n) is 46.9. The maximum Gasteiger partial charge on any atom is 0.235 e. The summed E-state index contributed by atoms with van der Waals surface area (Å²) in [5, 5.41) is 15.1. The van der Waals surface area contributed by atoms with Gasteiger partial charge >= 0.3 is 0 Å². The van der Waals surface area contributed by atoms with Crippen molar-refractivity contribution in [1.82, 2.24) is 28.7 Å². The largest absolute Gasteiger partial charge is 0.354 e. The molecule has 19 rings (SSSR count). The lowest BCUT2D eigenvalue weighted by atomic mass is 9.75. The summed E-state index contributed by atoms with van der Waals surface area (Å²) >= 11 is 0. The molecular weight excluding hydrogens is 1020 g/mol. The number of hydrogen-bond donors (Lipinski definition) is 1. The number of nitrogens with zero attached hydrogens (tertiary/aromatic N) is 5. The van der Waals surface area contributed by atoms with Crippen LogP contribution in [-0.4, -0.2) is 28.7 Å². The number of rotatable bonds is 3. The molecule has 6 nitrogen and oxygen atoms in total. The van der Waals surface area contributed by atoms with Gasteiger partial charge in [0, 0.05) is 76.1 Å². The van der Waals surface area contributed by atoms with Crippen LogP contribution in [0.2, 0.25) is 0 Å². The molecule has 0 bridgehead atoms. The molecule has 17 aromatic rings. The Balaban J connectivity index is 0.000000140. The number of fused-ring (bicyclic) bond motifs is 20. The van der Waals surface area contributed by atoms with Crippen LogP contribution in [0, 0.1) is 0 Å². The molecule has 2 aliphatic heterocycles. The molecule has 5 aromatic heterocycles. The number of nitrogens with one attached hydrogen (secondary N) is 1. The molecule has 0 radical (unpaired) electrons. The van der Waals surface area contributed by atoms with Crippen LogP contribution in [0.4, 0.5) is 0 Å². The van der Waals surface area contributed by atoms with Gasteiger partial charge < -0.3 is 14.1 Å². The van der Waals surface area contributed by atoms with Crippen molar-refractivity contribution in [2.24, 2.45) is 0 Å². The minimum Gasteiger partial charge on any atom is -0.354 e. The van der Waals surface area contributed by atoms with E-state index in [1.807, 2.05) is 12.1 Å². The summed E-state index contributed by atoms with van der Waals surface area (Å²) in [4.78, 5) is 14.4. The molecule has 0 saturated heterocycles. The predicted molar refractivity (Wildman–Crippen MR) is 351 cm³/mol. The molecule has 7 heterocycles. The Hall–Kier alpha value is -10.6. The second kappa shape index (κ2) is 17.0. The molecule has 0 fully saturated rings. The Labute approximate surface area is 484 Å². The van der Waals surface area contributed by atoms with Crippen molar-refractivity contribution in [3.63, 3.8) is 0 Å².